The fourth-order valence-electron chi connectivity index (χ4n) is 3.14. The molecule has 0 saturated heterocycles. The van der Waals surface area contributed by atoms with Gasteiger partial charge in [0.1, 0.15) is 17.9 Å². The second-order valence-electron chi connectivity index (χ2n) is 6.91. The highest BCUT2D eigenvalue weighted by Gasteiger charge is 2.30. The van der Waals surface area contributed by atoms with E-state index >= 15 is 0 Å². The summed E-state index contributed by atoms with van der Waals surface area (Å²) in [7, 11) is 0. The number of rotatable bonds is 7. The van der Waals surface area contributed by atoms with Crippen LogP contribution in [0.5, 0.6) is 0 Å². The van der Waals surface area contributed by atoms with Crippen molar-refractivity contribution in [3.8, 4) is 0 Å². The zero-order valence-electron chi connectivity index (χ0n) is 16.5. The summed E-state index contributed by atoms with van der Waals surface area (Å²) in [6, 6.07) is 0. The van der Waals surface area contributed by atoms with E-state index in [1.165, 1.54) is 29.3 Å². The number of nitrogens with one attached hydrogen (secondary N) is 1. The van der Waals surface area contributed by atoms with Gasteiger partial charge in [0, 0.05) is 4.88 Å². The first-order chi connectivity index (χ1) is 13.9. The highest BCUT2D eigenvalue weighted by Crippen LogP contribution is 2.40. The molecule has 29 heavy (non-hydrogen) atoms. The molecule has 1 amide bonds. The van der Waals surface area contributed by atoms with Crippen molar-refractivity contribution in [1.82, 2.24) is 20.2 Å². The van der Waals surface area contributed by atoms with Crippen molar-refractivity contribution in [2.75, 3.05) is 11.9 Å². The van der Waals surface area contributed by atoms with Crippen molar-refractivity contribution < 1.29 is 23.9 Å². The fourth-order valence-corrected chi connectivity index (χ4v) is 4.55. The summed E-state index contributed by atoms with van der Waals surface area (Å²) >= 11 is 1.38. The molecule has 1 aliphatic carbocycles. The Balaban J connectivity index is 1.71. The average molecular weight is 421 g/mol. The van der Waals surface area contributed by atoms with Crippen LogP contribution < -0.4 is 5.32 Å². The third-order valence-electron chi connectivity index (χ3n) is 4.59. The standard InChI is InChI=1S/C18H23N5O5S/c1-4-27-18(26)15-12-6-5-10(2)7-13(12)29-17(15)20-16(25)11(3)28-14(24)8-23-9-19-21-22-23/h9-11H,4-8H2,1-3H3,(H,20,25). The van der Waals surface area contributed by atoms with Crippen LogP contribution in [-0.4, -0.2) is 50.8 Å². The Morgan fingerprint density at radius 1 is 1.41 bits per heavy atom. The average Bonchev–Trinajstić information content (AvgIpc) is 3.28. The van der Waals surface area contributed by atoms with E-state index in [1.807, 2.05) is 0 Å². The van der Waals surface area contributed by atoms with E-state index in [9.17, 15) is 14.4 Å². The Hall–Kier alpha value is -2.82. The molecule has 11 heteroatoms. The van der Waals surface area contributed by atoms with E-state index in [4.69, 9.17) is 9.47 Å². The highest BCUT2D eigenvalue weighted by atomic mass is 32.1. The third kappa shape index (κ3) is 4.97. The first-order valence-electron chi connectivity index (χ1n) is 9.41. The Kier molecular flexibility index (Phi) is 6.57. The summed E-state index contributed by atoms with van der Waals surface area (Å²) in [4.78, 5) is 38.1. The van der Waals surface area contributed by atoms with Crippen LogP contribution in [0.25, 0.3) is 0 Å². The van der Waals surface area contributed by atoms with Gasteiger partial charge in [0.2, 0.25) is 0 Å². The zero-order chi connectivity index (χ0) is 21.0. The maximum Gasteiger partial charge on any atom is 0.341 e. The molecule has 156 valence electrons. The van der Waals surface area contributed by atoms with E-state index in [0.29, 0.717) is 16.5 Å². The number of anilines is 1. The minimum absolute atomic E-state index is 0.204. The molecule has 10 nitrogen and oxygen atoms in total. The van der Waals surface area contributed by atoms with Gasteiger partial charge in [-0.15, -0.1) is 16.4 Å². The summed E-state index contributed by atoms with van der Waals surface area (Å²) in [5.74, 6) is -1.10. The van der Waals surface area contributed by atoms with E-state index in [2.05, 4.69) is 27.8 Å². The van der Waals surface area contributed by atoms with Crippen LogP contribution in [0.1, 0.15) is 48.0 Å². The number of ether oxygens (including phenoxy) is 2. The van der Waals surface area contributed by atoms with Crippen LogP contribution in [0, 0.1) is 5.92 Å². The molecular weight excluding hydrogens is 398 g/mol. The summed E-state index contributed by atoms with van der Waals surface area (Å²) in [6.45, 7) is 5.41. The number of thiophene rings is 1. The van der Waals surface area contributed by atoms with Crippen molar-refractivity contribution in [2.24, 2.45) is 5.92 Å². The minimum Gasteiger partial charge on any atom is -0.462 e. The van der Waals surface area contributed by atoms with Crippen LogP contribution >= 0.6 is 11.3 Å². The van der Waals surface area contributed by atoms with Gasteiger partial charge in [-0.1, -0.05) is 6.92 Å². The lowest BCUT2D eigenvalue weighted by molar-refractivity contribution is -0.153. The summed E-state index contributed by atoms with van der Waals surface area (Å²) in [5.41, 5.74) is 1.37. The fraction of sp³-hybridized carbons (Fsp3) is 0.556. The molecule has 3 rings (SSSR count). The van der Waals surface area contributed by atoms with Crippen LogP contribution in [0.15, 0.2) is 6.33 Å². The van der Waals surface area contributed by atoms with Gasteiger partial charge in [0.25, 0.3) is 5.91 Å². The molecule has 0 saturated carbocycles. The largest absolute Gasteiger partial charge is 0.462 e. The lowest BCUT2D eigenvalue weighted by atomic mass is 9.88. The molecule has 2 aromatic heterocycles. The molecule has 0 aromatic carbocycles. The third-order valence-corrected chi connectivity index (χ3v) is 5.76. The molecular formula is C18H23N5O5S. The van der Waals surface area contributed by atoms with E-state index in [1.54, 1.807) is 6.92 Å². The molecule has 0 fully saturated rings. The predicted octanol–water partition coefficient (Wildman–Crippen LogP) is 1.61. The Morgan fingerprint density at radius 3 is 2.90 bits per heavy atom. The number of hydrogen-bond donors (Lipinski definition) is 1. The Labute approximate surface area is 171 Å². The topological polar surface area (TPSA) is 125 Å². The van der Waals surface area contributed by atoms with Gasteiger partial charge in [-0.05, 0) is 55.0 Å². The Bertz CT molecular complexity index is 895. The van der Waals surface area contributed by atoms with Crippen LogP contribution in [0.4, 0.5) is 5.00 Å². The Morgan fingerprint density at radius 2 is 2.21 bits per heavy atom. The van der Waals surface area contributed by atoms with E-state index < -0.39 is 23.9 Å². The van der Waals surface area contributed by atoms with Gasteiger partial charge in [-0.25, -0.2) is 9.48 Å². The number of hydrogen-bond acceptors (Lipinski definition) is 9. The zero-order valence-corrected chi connectivity index (χ0v) is 17.3. The van der Waals surface area contributed by atoms with E-state index in [-0.39, 0.29) is 13.2 Å². The van der Waals surface area contributed by atoms with Gasteiger partial charge in [-0.3, -0.25) is 9.59 Å². The van der Waals surface area contributed by atoms with Crippen molar-refractivity contribution in [3.63, 3.8) is 0 Å². The number of esters is 2. The molecule has 0 bridgehead atoms. The molecule has 0 spiro atoms. The van der Waals surface area contributed by atoms with E-state index in [0.717, 1.165) is 29.7 Å². The first kappa shape index (κ1) is 20.9. The first-order valence-corrected chi connectivity index (χ1v) is 10.2. The summed E-state index contributed by atoms with van der Waals surface area (Å²) in [5, 5.41) is 13.6. The molecule has 0 aliphatic heterocycles. The number of nitrogens with zero attached hydrogens (tertiary/aromatic N) is 4. The van der Waals surface area contributed by atoms with Crippen molar-refractivity contribution >= 4 is 34.2 Å². The summed E-state index contributed by atoms with van der Waals surface area (Å²) < 4.78 is 11.5. The number of carbonyl (C=O) groups is 3. The molecule has 0 radical (unpaired) electrons. The SMILES string of the molecule is CCOC(=O)c1c(NC(=O)C(C)OC(=O)Cn2cnnn2)sc2c1CCC(C)C2. The second kappa shape index (κ2) is 9.12. The highest BCUT2D eigenvalue weighted by molar-refractivity contribution is 7.17. The number of amides is 1. The molecule has 1 N–H and O–H groups in total. The lowest BCUT2D eigenvalue weighted by Crippen LogP contribution is -2.31. The normalized spacial score (nSPS) is 16.6. The molecule has 2 atom stereocenters. The number of fused-ring (bicyclic) bond motifs is 1. The van der Waals surface area contributed by atoms with Crippen molar-refractivity contribution in [1.29, 1.82) is 0 Å². The van der Waals surface area contributed by atoms with Gasteiger partial charge in [0.05, 0.1) is 12.2 Å². The predicted molar refractivity (Wildman–Crippen MR) is 103 cm³/mol. The molecule has 2 unspecified atom stereocenters. The van der Waals surface area contributed by atoms with Gasteiger partial charge < -0.3 is 14.8 Å². The van der Waals surface area contributed by atoms with Gasteiger partial charge >= 0.3 is 11.9 Å². The molecule has 1 aliphatic rings. The monoisotopic (exact) mass is 421 g/mol. The van der Waals surface area contributed by atoms with Crippen molar-refractivity contribution in [2.45, 2.75) is 52.7 Å². The molecule has 2 aromatic rings. The lowest BCUT2D eigenvalue weighted by Gasteiger charge is -2.18. The number of carbonyl (C=O) groups excluding carboxylic acids is 3. The van der Waals surface area contributed by atoms with Gasteiger partial charge in [0.15, 0.2) is 6.10 Å². The summed E-state index contributed by atoms with van der Waals surface area (Å²) in [6.07, 6.45) is 2.84. The van der Waals surface area contributed by atoms with Gasteiger partial charge in [-0.2, -0.15) is 0 Å². The maximum absolute atomic E-state index is 12.6. The smallest absolute Gasteiger partial charge is 0.341 e. The maximum atomic E-state index is 12.6. The number of aromatic nitrogens is 4. The van der Waals surface area contributed by atoms with Crippen LogP contribution in [0.3, 0.4) is 0 Å². The van der Waals surface area contributed by atoms with Crippen LogP contribution in [0.2, 0.25) is 0 Å². The minimum atomic E-state index is -1.05. The quantitative estimate of drug-likeness (QED) is 0.669. The second-order valence-corrected chi connectivity index (χ2v) is 8.01. The van der Waals surface area contributed by atoms with Crippen molar-refractivity contribution in [3.05, 3.63) is 22.3 Å². The molecule has 2 heterocycles. The van der Waals surface area contributed by atoms with Crippen LogP contribution in [-0.2, 0) is 38.4 Å². The number of tetrazole rings is 1.